The molecule has 1 amide bonds. The highest BCUT2D eigenvalue weighted by molar-refractivity contribution is 8.00. The lowest BCUT2D eigenvalue weighted by atomic mass is 10.2. The number of benzene rings is 1. The van der Waals surface area contributed by atoms with Crippen molar-refractivity contribution in [1.82, 2.24) is 10.6 Å². The quantitative estimate of drug-likeness (QED) is 0.565. The first-order chi connectivity index (χ1) is 9.28. The molecular weight excluding hydrogens is 256 g/mol. The van der Waals surface area contributed by atoms with Crippen molar-refractivity contribution in [3.05, 3.63) is 42.5 Å². The summed E-state index contributed by atoms with van der Waals surface area (Å²) in [5.74, 6) is 0.499. The van der Waals surface area contributed by atoms with Crippen molar-refractivity contribution in [1.29, 1.82) is 0 Å². The molecule has 4 heteroatoms. The van der Waals surface area contributed by atoms with Crippen LogP contribution in [0.15, 0.2) is 41.8 Å². The number of thioether (sulfide) groups is 1. The summed E-state index contributed by atoms with van der Waals surface area (Å²) in [5.41, 5.74) is 1.28. The molecule has 0 radical (unpaired) electrons. The Hall–Kier alpha value is -1.26. The summed E-state index contributed by atoms with van der Waals surface area (Å²) in [6, 6.07) is 9.10. The maximum Gasteiger partial charge on any atom is 0.230 e. The Labute approximate surface area is 118 Å². The van der Waals surface area contributed by atoms with Crippen LogP contribution in [0.1, 0.15) is 18.4 Å². The molecular formula is C15H20N2OS. The van der Waals surface area contributed by atoms with Gasteiger partial charge in [0, 0.05) is 24.0 Å². The van der Waals surface area contributed by atoms with Gasteiger partial charge in [-0.05, 0) is 30.5 Å². The highest BCUT2D eigenvalue weighted by atomic mass is 32.2. The van der Waals surface area contributed by atoms with Gasteiger partial charge in [-0.3, -0.25) is 4.79 Å². The Bertz CT molecular complexity index is 444. The molecule has 3 nitrogen and oxygen atoms in total. The molecule has 1 aliphatic carbocycles. The number of rotatable bonds is 8. The fourth-order valence-corrected chi connectivity index (χ4v) is 2.49. The highest BCUT2D eigenvalue weighted by Crippen LogP contribution is 2.21. The third kappa shape index (κ3) is 5.49. The summed E-state index contributed by atoms with van der Waals surface area (Å²) in [4.78, 5) is 12.6. The SMILES string of the molecule is C=CCNC(=O)CSc1cccc(CNC2CC2)c1. The molecule has 1 aliphatic rings. The van der Waals surface area contributed by atoms with E-state index in [9.17, 15) is 4.79 Å². The molecule has 0 heterocycles. The smallest absolute Gasteiger partial charge is 0.230 e. The lowest BCUT2D eigenvalue weighted by Gasteiger charge is -2.06. The van der Waals surface area contributed by atoms with Crippen LogP contribution in [-0.4, -0.2) is 24.2 Å². The molecule has 0 aliphatic heterocycles. The van der Waals surface area contributed by atoms with Gasteiger partial charge in [0.15, 0.2) is 0 Å². The number of carbonyl (C=O) groups is 1. The molecule has 19 heavy (non-hydrogen) atoms. The molecule has 0 bridgehead atoms. The number of nitrogens with one attached hydrogen (secondary N) is 2. The van der Waals surface area contributed by atoms with Gasteiger partial charge in [0.1, 0.15) is 0 Å². The van der Waals surface area contributed by atoms with Crippen molar-refractivity contribution in [3.63, 3.8) is 0 Å². The molecule has 0 spiro atoms. The zero-order valence-corrected chi connectivity index (χ0v) is 11.8. The van der Waals surface area contributed by atoms with E-state index >= 15 is 0 Å². The van der Waals surface area contributed by atoms with Crippen LogP contribution in [0.5, 0.6) is 0 Å². The first-order valence-corrected chi connectivity index (χ1v) is 7.59. The molecule has 102 valence electrons. The van der Waals surface area contributed by atoms with E-state index in [1.165, 1.54) is 18.4 Å². The Morgan fingerprint density at radius 2 is 2.32 bits per heavy atom. The first kappa shape index (κ1) is 14.2. The van der Waals surface area contributed by atoms with Crippen molar-refractivity contribution in [3.8, 4) is 0 Å². The first-order valence-electron chi connectivity index (χ1n) is 6.60. The van der Waals surface area contributed by atoms with Crippen LogP contribution < -0.4 is 10.6 Å². The van der Waals surface area contributed by atoms with Crippen molar-refractivity contribution in [2.75, 3.05) is 12.3 Å². The second kappa shape index (κ2) is 7.36. The number of hydrogen-bond acceptors (Lipinski definition) is 3. The summed E-state index contributed by atoms with van der Waals surface area (Å²) < 4.78 is 0. The van der Waals surface area contributed by atoms with E-state index in [4.69, 9.17) is 0 Å². The van der Waals surface area contributed by atoms with Crippen LogP contribution in [0.2, 0.25) is 0 Å². The molecule has 1 aromatic rings. The van der Waals surface area contributed by atoms with Gasteiger partial charge in [0.25, 0.3) is 0 Å². The topological polar surface area (TPSA) is 41.1 Å². The molecule has 0 atom stereocenters. The summed E-state index contributed by atoms with van der Waals surface area (Å²) >= 11 is 1.57. The van der Waals surface area contributed by atoms with E-state index in [1.807, 2.05) is 12.1 Å². The van der Waals surface area contributed by atoms with Crippen molar-refractivity contribution >= 4 is 17.7 Å². The molecule has 0 unspecified atom stereocenters. The largest absolute Gasteiger partial charge is 0.352 e. The minimum Gasteiger partial charge on any atom is -0.352 e. The van der Waals surface area contributed by atoms with Gasteiger partial charge in [0.05, 0.1) is 5.75 Å². The zero-order valence-electron chi connectivity index (χ0n) is 11.0. The van der Waals surface area contributed by atoms with Crippen molar-refractivity contribution in [2.24, 2.45) is 0 Å². The van der Waals surface area contributed by atoms with Gasteiger partial charge >= 0.3 is 0 Å². The van der Waals surface area contributed by atoms with E-state index in [-0.39, 0.29) is 5.91 Å². The molecule has 1 saturated carbocycles. The number of amides is 1. The maximum absolute atomic E-state index is 11.5. The van der Waals surface area contributed by atoms with Crippen molar-refractivity contribution < 1.29 is 4.79 Å². The van der Waals surface area contributed by atoms with Gasteiger partial charge in [-0.2, -0.15) is 0 Å². The summed E-state index contributed by atoms with van der Waals surface area (Å²) in [7, 11) is 0. The van der Waals surface area contributed by atoms with Crippen LogP contribution in [0.25, 0.3) is 0 Å². The second-order valence-electron chi connectivity index (χ2n) is 4.68. The molecule has 2 N–H and O–H groups in total. The average Bonchev–Trinajstić information content (AvgIpc) is 3.25. The predicted octanol–water partition coefficient (Wildman–Crippen LogP) is 2.33. The van der Waals surface area contributed by atoms with Crippen LogP contribution in [-0.2, 0) is 11.3 Å². The number of hydrogen-bond donors (Lipinski definition) is 2. The molecule has 1 aromatic carbocycles. The molecule has 1 fully saturated rings. The fraction of sp³-hybridized carbons (Fsp3) is 0.400. The Balaban J connectivity index is 1.77. The van der Waals surface area contributed by atoms with E-state index < -0.39 is 0 Å². The summed E-state index contributed by atoms with van der Waals surface area (Å²) in [6.45, 7) is 5.02. The van der Waals surface area contributed by atoms with E-state index in [0.717, 1.165) is 17.5 Å². The van der Waals surface area contributed by atoms with Gasteiger partial charge in [-0.15, -0.1) is 18.3 Å². The number of carbonyl (C=O) groups excluding carboxylic acids is 1. The Morgan fingerprint density at radius 3 is 3.05 bits per heavy atom. The third-order valence-corrected chi connectivity index (χ3v) is 3.88. The maximum atomic E-state index is 11.5. The van der Waals surface area contributed by atoms with Crippen LogP contribution in [0.4, 0.5) is 0 Å². The van der Waals surface area contributed by atoms with Gasteiger partial charge in [-0.1, -0.05) is 18.2 Å². The summed E-state index contributed by atoms with van der Waals surface area (Å²) in [5, 5.41) is 6.27. The molecule has 0 aromatic heterocycles. The third-order valence-electron chi connectivity index (χ3n) is 2.88. The van der Waals surface area contributed by atoms with E-state index in [2.05, 4.69) is 29.3 Å². The average molecular weight is 276 g/mol. The molecule has 2 rings (SSSR count). The normalized spacial score (nSPS) is 14.1. The van der Waals surface area contributed by atoms with Crippen LogP contribution in [0.3, 0.4) is 0 Å². The standard InChI is InChI=1S/C15H20N2OS/c1-2-8-16-15(18)11-19-14-5-3-4-12(9-14)10-17-13-6-7-13/h2-5,9,13,17H,1,6-8,10-11H2,(H,16,18). The molecule has 0 saturated heterocycles. The van der Waals surface area contributed by atoms with Crippen molar-refractivity contribution in [2.45, 2.75) is 30.3 Å². The lowest BCUT2D eigenvalue weighted by Crippen LogP contribution is -2.24. The highest BCUT2D eigenvalue weighted by Gasteiger charge is 2.19. The van der Waals surface area contributed by atoms with E-state index in [1.54, 1.807) is 17.8 Å². The lowest BCUT2D eigenvalue weighted by molar-refractivity contribution is -0.118. The minimum atomic E-state index is 0.0476. The van der Waals surface area contributed by atoms with Gasteiger partial charge < -0.3 is 10.6 Å². The van der Waals surface area contributed by atoms with Gasteiger partial charge in [0.2, 0.25) is 5.91 Å². The van der Waals surface area contributed by atoms with Crippen LogP contribution >= 0.6 is 11.8 Å². The Kier molecular flexibility index (Phi) is 5.48. The fourth-order valence-electron chi connectivity index (χ4n) is 1.68. The predicted molar refractivity (Wildman–Crippen MR) is 80.2 cm³/mol. The minimum absolute atomic E-state index is 0.0476. The van der Waals surface area contributed by atoms with Crippen LogP contribution in [0, 0.1) is 0 Å². The monoisotopic (exact) mass is 276 g/mol. The summed E-state index contributed by atoms with van der Waals surface area (Å²) in [6.07, 6.45) is 4.29. The Morgan fingerprint density at radius 1 is 1.47 bits per heavy atom. The van der Waals surface area contributed by atoms with E-state index in [0.29, 0.717) is 12.3 Å². The van der Waals surface area contributed by atoms with Gasteiger partial charge in [-0.25, -0.2) is 0 Å². The second-order valence-corrected chi connectivity index (χ2v) is 5.73. The zero-order chi connectivity index (χ0) is 13.5.